The Morgan fingerprint density at radius 2 is 1.94 bits per heavy atom. The molecule has 2 rings (SSSR count). The lowest BCUT2D eigenvalue weighted by Gasteiger charge is -2.29. The van der Waals surface area contributed by atoms with E-state index in [2.05, 4.69) is 37.9 Å². The number of rotatable bonds is 6. The van der Waals surface area contributed by atoms with Gasteiger partial charge in [0, 0.05) is 18.6 Å². The van der Waals surface area contributed by atoms with E-state index in [1.165, 1.54) is 51.7 Å². The van der Waals surface area contributed by atoms with Gasteiger partial charge in [-0.15, -0.1) is 0 Å². The second-order valence-electron chi connectivity index (χ2n) is 7.57. The molecule has 106 valence electrons. The largest absolute Gasteiger partial charge is 0.314 e. The van der Waals surface area contributed by atoms with Gasteiger partial charge in [0.25, 0.3) is 0 Å². The minimum atomic E-state index is 0.488. The van der Waals surface area contributed by atoms with Gasteiger partial charge in [0.2, 0.25) is 0 Å². The van der Waals surface area contributed by atoms with Crippen molar-refractivity contribution in [2.75, 3.05) is 19.6 Å². The quantitative estimate of drug-likeness (QED) is 0.730. The molecule has 1 saturated carbocycles. The average Bonchev–Trinajstić information content (AvgIpc) is 2.95. The first-order valence-electron chi connectivity index (χ1n) is 7.94. The lowest BCUT2D eigenvalue weighted by molar-refractivity contribution is 0.195. The summed E-state index contributed by atoms with van der Waals surface area (Å²) in [4.78, 5) is 2.72. The predicted molar refractivity (Wildman–Crippen MR) is 78.9 cm³/mol. The minimum absolute atomic E-state index is 0.488. The van der Waals surface area contributed by atoms with Gasteiger partial charge in [0.1, 0.15) is 0 Å². The molecule has 1 saturated heterocycles. The summed E-state index contributed by atoms with van der Waals surface area (Å²) >= 11 is 0. The van der Waals surface area contributed by atoms with E-state index in [4.69, 9.17) is 0 Å². The summed E-state index contributed by atoms with van der Waals surface area (Å²) < 4.78 is 0. The topological polar surface area (TPSA) is 15.3 Å². The van der Waals surface area contributed by atoms with Gasteiger partial charge in [-0.3, -0.25) is 0 Å². The van der Waals surface area contributed by atoms with E-state index in [0.717, 1.165) is 18.0 Å². The molecule has 0 radical (unpaired) electrons. The first kappa shape index (κ1) is 14.3. The molecule has 0 bridgehead atoms. The van der Waals surface area contributed by atoms with E-state index >= 15 is 0 Å². The van der Waals surface area contributed by atoms with Gasteiger partial charge in [-0.05, 0) is 63.5 Å². The van der Waals surface area contributed by atoms with Crippen molar-refractivity contribution in [3.63, 3.8) is 0 Å². The van der Waals surface area contributed by atoms with Gasteiger partial charge in [0.15, 0.2) is 0 Å². The molecule has 1 N–H and O–H groups in total. The van der Waals surface area contributed by atoms with E-state index in [1.807, 2.05) is 0 Å². The molecular formula is C16H32N2. The Balaban J connectivity index is 1.61. The highest BCUT2D eigenvalue weighted by molar-refractivity contribution is 4.86. The Kier molecular flexibility index (Phi) is 4.71. The van der Waals surface area contributed by atoms with Crippen molar-refractivity contribution in [2.24, 2.45) is 11.3 Å². The highest BCUT2D eigenvalue weighted by atomic mass is 15.2. The fourth-order valence-corrected chi connectivity index (χ4v) is 3.07. The van der Waals surface area contributed by atoms with Crippen LogP contribution in [0.25, 0.3) is 0 Å². The molecule has 2 unspecified atom stereocenters. The molecule has 2 fully saturated rings. The third-order valence-electron chi connectivity index (χ3n) is 4.88. The fraction of sp³-hybridized carbons (Fsp3) is 1.00. The van der Waals surface area contributed by atoms with Crippen LogP contribution in [0.3, 0.4) is 0 Å². The van der Waals surface area contributed by atoms with Crippen LogP contribution in [0.5, 0.6) is 0 Å². The van der Waals surface area contributed by atoms with Crippen LogP contribution in [0.1, 0.15) is 59.8 Å². The van der Waals surface area contributed by atoms with Crippen molar-refractivity contribution in [1.82, 2.24) is 10.2 Å². The highest BCUT2D eigenvalue weighted by Gasteiger charge is 2.33. The molecule has 0 spiro atoms. The zero-order valence-electron chi connectivity index (χ0n) is 12.8. The summed E-state index contributed by atoms with van der Waals surface area (Å²) in [6.45, 7) is 13.5. The van der Waals surface area contributed by atoms with Gasteiger partial charge >= 0.3 is 0 Å². The van der Waals surface area contributed by atoms with Crippen molar-refractivity contribution < 1.29 is 0 Å². The van der Waals surface area contributed by atoms with Crippen LogP contribution in [-0.4, -0.2) is 36.6 Å². The van der Waals surface area contributed by atoms with Crippen molar-refractivity contribution >= 4 is 0 Å². The Bertz CT molecular complexity index is 252. The molecule has 0 aromatic rings. The second kappa shape index (κ2) is 5.92. The summed E-state index contributed by atoms with van der Waals surface area (Å²) in [6.07, 6.45) is 6.92. The summed E-state index contributed by atoms with van der Waals surface area (Å²) in [5, 5.41) is 3.62. The van der Waals surface area contributed by atoms with Gasteiger partial charge < -0.3 is 10.2 Å². The van der Waals surface area contributed by atoms with Crippen LogP contribution >= 0.6 is 0 Å². The molecule has 0 amide bonds. The molecule has 0 aromatic heterocycles. The molecule has 2 atom stereocenters. The maximum Gasteiger partial charge on any atom is 0.00682 e. The van der Waals surface area contributed by atoms with Crippen LogP contribution in [0, 0.1) is 11.3 Å². The van der Waals surface area contributed by atoms with Crippen LogP contribution in [-0.2, 0) is 0 Å². The summed E-state index contributed by atoms with van der Waals surface area (Å²) in [6, 6.07) is 1.65. The Morgan fingerprint density at radius 1 is 1.22 bits per heavy atom. The van der Waals surface area contributed by atoms with Gasteiger partial charge in [-0.2, -0.15) is 0 Å². The molecule has 1 heterocycles. The summed E-state index contributed by atoms with van der Waals surface area (Å²) in [5.41, 5.74) is 0.488. The maximum atomic E-state index is 3.62. The molecule has 2 nitrogen and oxygen atoms in total. The standard InChI is InChI=1S/C16H32N2/c1-13(6-5-10-17-15-7-8-15)18-11-9-14(12-18)16(2,3)4/h13-15,17H,5-12H2,1-4H3. The lowest BCUT2D eigenvalue weighted by atomic mass is 9.80. The first-order chi connectivity index (χ1) is 8.47. The summed E-state index contributed by atoms with van der Waals surface area (Å²) in [5.74, 6) is 0.893. The number of nitrogens with zero attached hydrogens (tertiary/aromatic N) is 1. The number of likely N-dealkylation sites (tertiary alicyclic amines) is 1. The lowest BCUT2D eigenvalue weighted by Crippen LogP contribution is -2.33. The second-order valence-corrected chi connectivity index (χ2v) is 7.57. The third kappa shape index (κ3) is 4.24. The highest BCUT2D eigenvalue weighted by Crippen LogP contribution is 2.34. The molecule has 2 heteroatoms. The van der Waals surface area contributed by atoms with Crippen LogP contribution in [0.15, 0.2) is 0 Å². The Labute approximate surface area is 114 Å². The van der Waals surface area contributed by atoms with Crippen molar-refractivity contribution in [2.45, 2.75) is 71.9 Å². The van der Waals surface area contributed by atoms with Crippen LogP contribution in [0.2, 0.25) is 0 Å². The van der Waals surface area contributed by atoms with E-state index in [-0.39, 0.29) is 0 Å². The van der Waals surface area contributed by atoms with Gasteiger partial charge in [-0.25, -0.2) is 0 Å². The summed E-state index contributed by atoms with van der Waals surface area (Å²) in [7, 11) is 0. The van der Waals surface area contributed by atoms with Crippen LogP contribution < -0.4 is 5.32 Å². The van der Waals surface area contributed by atoms with Crippen molar-refractivity contribution in [1.29, 1.82) is 0 Å². The normalized spacial score (nSPS) is 27.7. The van der Waals surface area contributed by atoms with Crippen molar-refractivity contribution in [3.05, 3.63) is 0 Å². The van der Waals surface area contributed by atoms with Crippen LogP contribution in [0.4, 0.5) is 0 Å². The molecule has 1 aliphatic heterocycles. The molecular weight excluding hydrogens is 220 g/mol. The maximum absolute atomic E-state index is 3.62. The van der Waals surface area contributed by atoms with Gasteiger partial charge in [-0.1, -0.05) is 20.8 Å². The van der Waals surface area contributed by atoms with Gasteiger partial charge in [0.05, 0.1) is 0 Å². The monoisotopic (exact) mass is 252 g/mol. The first-order valence-corrected chi connectivity index (χ1v) is 7.94. The Hall–Kier alpha value is -0.0800. The zero-order valence-corrected chi connectivity index (χ0v) is 12.8. The predicted octanol–water partition coefficient (Wildman–Crippen LogP) is 3.28. The molecule has 0 aromatic carbocycles. The van der Waals surface area contributed by atoms with E-state index in [0.29, 0.717) is 5.41 Å². The fourth-order valence-electron chi connectivity index (χ4n) is 3.07. The number of hydrogen-bond acceptors (Lipinski definition) is 2. The molecule has 2 aliphatic rings. The third-order valence-corrected chi connectivity index (χ3v) is 4.88. The average molecular weight is 252 g/mol. The minimum Gasteiger partial charge on any atom is -0.314 e. The molecule has 18 heavy (non-hydrogen) atoms. The zero-order chi connectivity index (χ0) is 13.2. The van der Waals surface area contributed by atoms with E-state index < -0.39 is 0 Å². The van der Waals surface area contributed by atoms with E-state index in [1.54, 1.807) is 0 Å². The number of nitrogens with one attached hydrogen (secondary N) is 1. The number of hydrogen-bond donors (Lipinski definition) is 1. The Morgan fingerprint density at radius 3 is 2.50 bits per heavy atom. The molecule has 1 aliphatic carbocycles. The smallest absolute Gasteiger partial charge is 0.00682 e. The van der Waals surface area contributed by atoms with E-state index in [9.17, 15) is 0 Å². The van der Waals surface area contributed by atoms with Crippen molar-refractivity contribution in [3.8, 4) is 0 Å². The SMILES string of the molecule is CC(CCCNC1CC1)N1CCC(C(C)(C)C)C1.